The van der Waals surface area contributed by atoms with Crippen LogP contribution in [-0.4, -0.2) is 43.2 Å². The van der Waals surface area contributed by atoms with Gasteiger partial charge in [-0.25, -0.2) is 4.79 Å². The molecule has 2 aliphatic heterocycles. The molecule has 0 saturated carbocycles. The van der Waals surface area contributed by atoms with Crippen LogP contribution in [0.25, 0.3) is 0 Å². The van der Waals surface area contributed by atoms with Crippen LogP contribution >= 0.6 is 0 Å². The van der Waals surface area contributed by atoms with E-state index >= 15 is 0 Å². The minimum absolute atomic E-state index is 0.0143. The Morgan fingerprint density at radius 2 is 2.05 bits per heavy atom. The third-order valence-corrected chi connectivity index (χ3v) is 4.95. The highest BCUT2D eigenvalue weighted by Gasteiger charge is 2.51. The number of carbonyl (C=O) groups excluding carboxylic acids is 1. The number of nitrogens with one attached hydrogen (secondary N) is 2. The van der Waals surface area contributed by atoms with E-state index in [0.29, 0.717) is 11.8 Å². The van der Waals surface area contributed by atoms with Crippen LogP contribution < -0.4 is 15.4 Å². The van der Waals surface area contributed by atoms with Crippen molar-refractivity contribution in [3.05, 3.63) is 24.3 Å². The lowest BCUT2D eigenvalue weighted by atomic mass is 9.85. The Labute approximate surface area is 125 Å². The van der Waals surface area contributed by atoms with Gasteiger partial charge in [-0.3, -0.25) is 0 Å². The Kier molecular flexibility index (Phi) is 3.53. The van der Waals surface area contributed by atoms with E-state index in [0.717, 1.165) is 31.1 Å². The maximum Gasteiger partial charge on any atom is 0.322 e. The topological polar surface area (TPSA) is 53.6 Å². The average molecular weight is 289 g/mol. The molecule has 2 aliphatic rings. The summed E-state index contributed by atoms with van der Waals surface area (Å²) in [6, 6.07) is 7.41. The molecule has 2 atom stereocenters. The Bertz CT molecular complexity index is 527. The largest absolute Gasteiger partial charge is 0.497 e. The van der Waals surface area contributed by atoms with E-state index < -0.39 is 0 Å². The van der Waals surface area contributed by atoms with Crippen LogP contribution in [0.1, 0.15) is 13.8 Å². The van der Waals surface area contributed by atoms with Crippen molar-refractivity contribution in [2.24, 2.45) is 11.8 Å². The number of carbonyl (C=O) groups is 1. The number of urea groups is 1. The molecule has 2 heterocycles. The first kappa shape index (κ1) is 14.2. The monoisotopic (exact) mass is 289 g/mol. The number of benzene rings is 1. The summed E-state index contributed by atoms with van der Waals surface area (Å²) in [4.78, 5) is 14.6. The molecule has 2 unspecified atom stereocenters. The van der Waals surface area contributed by atoms with E-state index in [4.69, 9.17) is 4.74 Å². The standard InChI is InChI=1S/C16H23N3O2/c1-16(2)14-9-17-8-11(14)10-19(16)15(20)18-12-4-6-13(21-3)7-5-12/h4-7,11,14,17H,8-10H2,1-3H3,(H,18,20). The minimum Gasteiger partial charge on any atom is -0.497 e. The van der Waals surface area contributed by atoms with Gasteiger partial charge in [0.2, 0.25) is 0 Å². The molecular weight excluding hydrogens is 266 g/mol. The van der Waals surface area contributed by atoms with Crippen molar-refractivity contribution < 1.29 is 9.53 Å². The highest BCUT2D eigenvalue weighted by Crippen LogP contribution is 2.40. The Morgan fingerprint density at radius 1 is 1.33 bits per heavy atom. The van der Waals surface area contributed by atoms with Crippen LogP contribution in [0.5, 0.6) is 5.75 Å². The van der Waals surface area contributed by atoms with E-state index in [-0.39, 0.29) is 11.6 Å². The Balaban J connectivity index is 1.70. The molecule has 5 nitrogen and oxygen atoms in total. The van der Waals surface area contributed by atoms with E-state index in [2.05, 4.69) is 24.5 Å². The van der Waals surface area contributed by atoms with Gasteiger partial charge in [-0.05, 0) is 49.9 Å². The summed E-state index contributed by atoms with van der Waals surface area (Å²) in [5.74, 6) is 1.90. The number of hydrogen-bond acceptors (Lipinski definition) is 3. The fraction of sp³-hybridized carbons (Fsp3) is 0.562. The summed E-state index contributed by atoms with van der Waals surface area (Å²) in [7, 11) is 1.63. The zero-order chi connectivity index (χ0) is 15.0. The second-order valence-electron chi connectivity index (χ2n) is 6.45. The first-order chi connectivity index (χ1) is 10.0. The second kappa shape index (κ2) is 5.22. The minimum atomic E-state index is -0.106. The molecular formula is C16H23N3O2. The highest BCUT2D eigenvalue weighted by atomic mass is 16.5. The lowest BCUT2D eigenvalue weighted by Crippen LogP contribution is -2.49. The summed E-state index contributed by atoms with van der Waals surface area (Å²) in [5.41, 5.74) is 0.692. The smallest absolute Gasteiger partial charge is 0.322 e. The van der Waals surface area contributed by atoms with Gasteiger partial charge in [0.15, 0.2) is 0 Å². The molecule has 2 N–H and O–H groups in total. The van der Waals surface area contributed by atoms with E-state index in [1.807, 2.05) is 29.2 Å². The third-order valence-electron chi connectivity index (χ3n) is 4.95. The molecule has 21 heavy (non-hydrogen) atoms. The molecule has 3 rings (SSSR count). The van der Waals surface area contributed by atoms with Gasteiger partial charge in [0, 0.05) is 30.9 Å². The number of methoxy groups -OCH3 is 1. The summed E-state index contributed by atoms with van der Waals surface area (Å²) >= 11 is 0. The van der Waals surface area contributed by atoms with E-state index in [1.54, 1.807) is 7.11 Å². The molecule has 1 aromatic rings. The maximum atomic E-state index is 12.6. The first-order valence-corrected chi connectivity index (χ1v) is 7.46. The number of fused-ring (bicyclic) bond motifs is 1. The number of likely N-dealkylation sites (tertiary alicyclic amines) is 1. The van der Waals surface area contributed by atoms with Crippen LogP contribution in [0.4, 0.5) is 10.5 Å². The lowest BCUT2D eigenvalue weighted by Gasteiger charge is -2.35. The van der Waals surface area contributed by atoms with E-state index in [1.165, 1.54) is 0 Å². The van der Waals surface area contributed by atoms with Gasteiger partial charge in [0.25, 0.3) is 0 Å². The highest BCUT2D eigenvalue weighted by molar-refractivity contribution is 5.90. The summed E-state index contributed by atoms with van der Waals surface area (Å²) in [5, 5.41) is 6.42. The molecule has 2 saturated heterocycles. The van der Waals surface area contributed by atoms with Crippen molar-refractivity contribution in [2.75, 3.05) is 32.1 Å². The van der Waals surface area contributed by atoms with Gasteiger partial charge >= 0.3 is 6.03 Å². The first-order valence-electron chi connectivity index (χ1n) is 7.46. The van der Waals surface area contributed by atoms with Crippen LogP contribution in [0.3, 0.4) is 0 Å². The van der Waals surface area contributed by atoms with Gasteiger partial charge in [-0.15, -0.1) is 0 Å². The van der Waals surface area contributed by atoms with Crippen LogP contribution in [0, 0.1) is 11.8 Å². The van der Waals surface area contributed by atoms with Gasteiger partial charge in [0.05, 0.1) is 7.11 Å². The maximum absolute atomic E-state index is 12.6. The number of amides is 2. The molecule has 5 heteroatoms. The normalized spacial score (nSPS) is 26.5. The quantitative estimate of drug-likeness (QED) is 0.877. The molecule has 114 valence electrons. The lowest BCUT2D eigenvalue weighted by molar-refractivity contribution is 0.157. The van der Waals surface area contributed by atoms with Crippen molar-refractivity contribution in [1.29, 1.82) is 0 Å². The Morgan fingerprint density at radius 3 is 2.67 bits per heavy atom. The fourth-order valence-electron chi connectivity index (χ4n) is 3.63. The van der Waals surface area contributed by atoms with E-state index in [9.17, 15) is 4.79 Å². The molecule has 0 aromatic heterocycles. The van der Waals surface area contributed by atoms with Gasteiger partial charge in [-0.2, -0.15) is 0 Å². The summed E-state index contributed by atoms with van der Waals surface area (Å²) < 4.78 is 5.13. The predicted molar refractivity (Wildman–Crippen MR) is 82.6 cm³/mol. The van der Waals surface area contributed by atoms with Crippen molar-refractivity contribution in [2.45, 2.75) is 19.4 Å². The van der Waals surface area contributed by atoms with Crippen LogP contribution in [0.2, 0.25) is 0 Å². The van der Waals surface area contributed by atoms with Crippen molar-refractivity contribution in [3.63, 3.8) is 0 Å². The van der Waals surface area contributed by atoms with Gasteiger partial charge in [0.1, 0.15) is 5.75 Å². The zero-order valence-corrected chi connectivity index (χ0v) is 12.8. The molecule has 0 aliphatic carbocycles. The number of anilines is 1. The number of rotatable bonds is 2. The van der Waals surface area contributed by atoms with Gasteiger partial charge < -0.3 is 20.3 Å². The van der Waals surface area contributed by atoms with Crippen molar-refractivity contribution in [1.82, 2.24) is 10.2 Å². The predicted octanol–water partition coefficient (Wildman–Crippen LogP) is 2.16. The molecule has 2 fully saturated rings. The number of hydrogen-bond donors (Lipinski definition) is 2. The van der Waals surface area contributed by atoms with Crippen LogP contribution in [-0.2, 0) is 0 Å². The second-order valence-corrected chi connectivity index (χ2v) is 6.45. The zero-order valence-electron chi connectivity index (χ0n) is 12.8. The number of nitrogens with zero attached hydrogens (tertiary/aromatic N) is 1. The number of ether oxygens (including phenoxy) is 1. The Hall–Kier alpha value is -1.75. The molecule has 2 amide bonds. The van der Waals surface area contributed by atoms with Crippen molar-refractivity contribution in [3.8, 4) is 5.75 Å². The fourth-order valence-corrected chi connectivity index (χ4v) is 3.63. The van der Waals surface area contributed by atoms with Crippen molar-refractivity contribution >= 4 is 11.7 Å². The summed E-state index contributed by atoms with van der Waals surface area (Å²) in [6.45, 7) is 7.17. The molecule has 0 spiro atoms. The third kappa shape index (κ3) is 2.46. The summed E-state index contributed by atoms with van der Waals surface area (Å²) in [6.07, 6.45) is 0. The molecule has 0 radical (unpaired) electrons. The molecule has 0 bridgehead atoms. The van der Waals surface area contributed by atoms with Crippen LogP contribution in [0.15, 0.2) is 24.3 Å². The van der Waals surface area contributed by atoms with Gasteiger partial charge in [-0.1, -0.05) is 0 Å². The SMILES string of the molecule is COc1ccc(NC(=O)N2CC3CNCC3C2(C)C)cc1. The molecule has 1 aromatic carbocycles. The average Bonchev–Trinajstić information content (AvgIpc) is 3.02.